The lowest BCUT2D eigenvalue weighted by Crippen LogP contribution is -2.30. The van der Waals surface area contributed by atoms with Crippen molar-refractivity contribution in [2.24, 2.45) is 11.8 Å². The number of allylic oxidation sites excluding steroid dienone is 4. The minimum Gasteiger partial charge on any atom is -0.462 e. The van der Waals surface area contributed by atoms with Crippen LogP contribution in [0.4, 0.5) is 0 Å². The van der Waals surface area contributed by atoms with E-state index in [-0.39, 0.29) is 25.7 Å². The van der Waals surface area contributed by atoms with Gasteiger partial charge in [-0.1, -0.05) is 336 Å². The Bertz CT molecular complexity index is 1980. The zero-order chi connectivity index (χ0) is 72.1. The summed E-state index contributed by atoms with van der Waals surface area (Å²) in [6.45, 7) is 9.57. The van der Waals surface area contributed by atoms with Crippen LogP contribution in [0.2, 0.25) is 0 Å². The summed E-state index contributed by atoms with van der Waals surface area (Å²) >= 11 is 0. The molecule has 0 spiro atoms. The third-order valence-corrected chi connectivity index (χ3v) is 19.7. The Morgan fingerprint density at radius 3 is 0.837 bits per heavy atom. The molecule has 19 heteroatoms. The number of phosphoric acid groups is 2. The average molecular weight is 1430 g/mol. The molecule has 0 fully saturated rings. The molecular formula is C79H150O17P2. The predicted molar refractivity (Wildman–Crippen MR) is 400 cm³/mol. The van der Waals surface area contributed by atoms with Crippen LogP contribution in [0.3, 0.4) is 0 Å². The summed E-state index contributed by atoms with van der Waals surface area (Å²) in [4.78, 5) is 72.9. The number of carbonyl (C=O) groups excluding carboxylic acids is 4. The van der Waals surface area contributed by atoms with E-state index in [1.165, 1.54) is 186 Å². The van der Waals surface area contributed by atoms with Crippen molar-refractivity contribution in [3.05, 3.63) is 24.3 Å². The quantitative estimate of drug-likeness (QED) is 0.0169. The highest BCUT2D eigenvalue weighted by atomic mass is 31.2. The van der Waals surface area contributed by atoms with E-state index in [1.54, 1.807) is 0 Å². The second-order valence-corrected chi connectivity index (χ2v) is 31.6. The molecule has 0 aliphatic carbocycles. The molecule has 0 rings (SSSR count). The molecule has 0 aromatic carbocycles. The van der Waals surface area contributed by atoms with Crippen LogP contribution in [0.1, 0.15) is 388 Å². The smallest absolute Gasteiger partial charge is 0.462 e. The number of rotatable bonds is 76. The highest BCUT2D eigenvalue weighted by molar-refractivity contribution is 7.47. The number of hydrogen-bond acceptors (Lipinski definition) is 15. The highest BCUT2D eigenvalue weighted by Gasteiger charge is 2.30. The monoisotopic (exact) mass is 1430 g/mol. The van der Waals surface area contributed by atoms with Gasteiger partial charge in [0.2, 0.25) is 0 Å². The molecular weight excluding hydrogens is 1280 g/mol. The van der Waals surface area contributed by atoms with Crippen LogP contribution in [-0.4, -0.2) is 96.7 Å². The van der Waals surface area contributed by atoms with E-state index in [1.807, 2.05) is 0 Å². The molecule has 5 atom stereocenters. The maximum absolute atomic E-state index is 13.1. The molecule has 0 heterocycles. The topological polar surface area (TPSA) is 237 Å². The standard InChI is InChI=1S/C79H150O17P2/c1-7-9-11-13-15-17-19-21-22-27-31-38-44-50-56-62-77(82)90-67-74(95-78(83)63-57-51-45-39-32-28-24-23-26-29-35-41-47-53-59-71(3)4)69-93-97(85,86)91-65-73(80)66-92-98(87,88)94-70-75(96-79(84)64-58-52-46-40-34-33-36-42-48-54-60-72(5)6)68-89-76(81)61-55-49-43-37-30-25-20-18-16-14-12-10-8-2/h17,19,21-22,71-75,80H,7-16,18,20,23-70H2,1-6H3,(H,85,86)(H,87,88)/b19-17-,22-21-/t73-,74-,75-/m1/s1. The number of ether oxygens (including phenoxy) is 4. The molecule has 0 aromatic rings. The summed E-state index contributed by atoms with van der Waals surface area (Å²) in [5.74, 6) is -0.597. The largest absolute Gasteiger partial charge is 0.472 e. The van der Waals surface area contributed by atoms with E-state index in [9.17, 15) is 43.2 Å². The minimum atomic E-state index is -4.97. The van der Waals surface area contributed by atoms with Crippen LogP contribution in [-0.2, 0) is 65.4 Å². The average Bonchev–Trinajstić information content (AvgIpc) is 1.02. The number of esters is 4. The summed E-state index contributed by atoms with van der Waals surface area (Å²) in [6, 6.07) is 0. The fourth-order valence-electron chi connectivity index (χ4n) is 11.6. The van der Waals surface area contributed by atoms with Crippen molar-refractivity contribution in [1.82, 2.24) is 0 Å². The van der Waals surface area contributed by atoms with E-state index >= 15 is 0 Å². The van der Waals surface area contributed by atoms with Crippen LogP contribution in [0, 0.1) is 11.8 Å². The van der Waals surface area contributed by atoms with Crippen LogP contribution in [0.25, 0.3) is 0 Å². The second kappa shape index (κ2) is 70.2. The molecule has 17 nitrogen and oxygen atoms in total. The molecule has 2 unspecified atom stereocenters. The Hall–Kier alpha value is -2.46. The van der Waals surface area contributed by atoms with Crippen molar-refractivity contribution < 1.29 is 80.2 Å². The van der Waals surface area contributed by atoms with Gasteiger partial charge >= 0.3 is 39.5 Å². The van der Waals surface area contributed by atoms with Crippen molar-refractivity contribution in [3.8, 4) is 0 Å². The van der Waals surface area contributed by atoms with E-state index < -0.39 is 97.5 Å². The van der Waals surface area contributed by atoms with E-state index in [0.29, 0.717) is 25.7 Å². The zero-order valence-corrected chi connectivity index (χ0v) is 65.4. The summed E-state index contributed by atoms with van der Waals surface area (Å²) in [7, 11) is -9.93. The Labute approximate surface area is 599 Å². The number of phosphoric ester groups is 2. The fourth-order valence-corrected chi connectivity index (χ4v) is 13.2. The fraction of sp³-hybridized carbons (Fsp3) is 0.899. The van der Waals surface area contributed by atoms with E-state index in [4.69, 9.17) is 37.0 Å². The minimum absolute atomic E-state index is 0.101. The molecule has 0 bridgehead atoms. The third-order valence-electron chi connectivity index (χ3n) is 17.8. The van der Waals surface area contributed by atoms with Crippen LogP contribution < -0.4 is 0 Å². The maximum Gasteiger partial charge on any atom is 0.472 e. The normalized spacial score (nSPS) is 14.1. The van der Waals surface area contributed by atoms with Gasteiger partial charge in [-0.15, -0.1) is 0 Å². The molecule has 0 radical (unpaired) electrons. The lowest BCUT2D eigenvalue weighted by molar-refractivity contribution is -0.161. The van der Waals surface area contributed by atoms with Gasteiger partial charge in [-0.05, 0) is 63.2 Å². The molecule has 0 aliphatic heterocycles. The van der Waals surface area contributed by atoms with Gasteiger partial charge < -0.3 is 33.8 Å². The number of hydrogen-bond donors (Lipinski definition) is 3. The summed E-state index contributed by atoms with van der Waals surface area (Å²) < 4.78 is 68.6. The molecule has 578 valence electrons. The number of carbonyl (C=O) groups is 4. The van der Waals surface area contributed by atoms with Crippen molar-refractivity contribution in [2.45, 2.75) is 407 Å². The Kier molecular flexibility index (Phi) is 68.5. The first-order chi connectivity index (χ1) is 47.4. The Morgan fingerprint density at radius 2 is 0.551 bits per heavy atom. The SMILES string of the molecule is CCCCCC/C=C\C=C/CCCCCCCC(=O)OC[C@H](COP(=O)(O)OC[C@@H](O)COP(=O)(O)OC[C@@H](COC(=O)CCCCCCCCCCCCCCC)OC(=O)CCCCCCCCCCCCC(C)C)OC(=O)CCCCCCCCCCCCCCCCC(C)C. The summed E-state index contributed by atoms with van der Waals surface area (Å²) in [5.41, 5.74) is 0. The van der Waals surface area contributed by atoms with Crippen molar-refractivity contribution in [3.63, 3.8) is 0 Å². The molecule has 0 saturated heterocycles. The van der Waals surface area contributed by atoms with Crippen molar-refractivity contribution in [2.75, 3.05) is 39.6 Å². The summed E-state index contributed by atoms with van der Waals surface area (Å²) in [5, 5.41) is 10.6. The molecule has 0 aromatic heterocycles. The van der Waals surface area contributed by atoms with Crippen LogP contribution >= 0.6 is 15.6 Å². The van der Waals surface area contributed by atoms with Gasteiger partial charge in [0, 0.05) is 25.7 Å². The Balaban J connectivity index is 5.30. The van der Waals surface area contributed by atoms with Crippen molar-refractivity contribution in [1.29, 1.82) is 0 Å². The highest BCUT2D eigenvalue weighted by Crippen LogP contribution is 2.45. The first-order valence-electron chi connectivity index (χ1n) is 40.3. The molecule has 0 amide bonds. The van der Waals surface area contributed by atoms with Gasteiger partial charge in [0.05, 0.1) is 26.4 Å². The van der Waals surface area contributed by atoms with Gasteiger partial charge in [-0.25, -0.2) is 9.13 Å². The molecule has 98 heavy (non-hydrogen) atoms. The van der Waals surface area contributed by atoms with E-state index in [2.05, 4.69) is 65.8 Å². The number of aliphatic hydroxyl groups is 1. The van der Waals surface area contributed by atoms with Crippen molar-refractivity contribution >= 4 is 39.5 Å². The molecule has 0 saturated carbocycles. The van der Waals surface area contributed by atoms with Crippen LogP contribution in [0.5, 0.6) is 0 Å². The van der Waals surface area contributed by atoms with Gasteiger partial charge in [-0.2, -0.15) is 0 Å². The second-order valence-electron chi connectivity index (χ2n) is 28.7. The first-order valence-corrected chi connectivity index (χ1v) is 43.3. The van der Waals surface area contributed by atoms with Gasteiger partial charge in [0.1, 0.15) is 19.3 Å². The third kappa shape index (κ3) is 71.9. The number of aliphatic hydroxyl groups excluding tert-OH is 1. The first kappa shape index (κ1) is 95.5. The van der Waals surface area contributed by atoms with Gasteiger partial charge in [0.15, 0.2) is 12.2 Å². The van der Waals surface area contributed by atoms with Gasteiger partial charge in [-0.3, -0.25) is 37.3 Å². The molecule has 3 N–H and O–H groups in total. The maximum atomic E-state index is 13.1. The molecule has 0 aliphatic rings. The summed E-state index contributed by atoms with van der Waals surface area (Å²) in [6.07, 6.45) is 61.7. The zero-order valence-electron chi connectivity index (χ0n) is 63.6. The Morgan fingerprint density at radius 1 is 0.316 bits per heavy atom. The number of unbranched alkanes of at least 4 members (excludes halogenated alkanes) is 43. The van der Waals surface area contributed by atoms with E-state index in [0.717, 1.165) is 121 Å². The lowest BCUT2D eigenvalue weighted by Gasteiger charge is -2.21. The predicted octanol–water partition coefficient (Wildman–Crippen LogP) is 23.1. The van der Waals surface area contributed by atoms with Crippen LogP contribution in [0.15, 0.2) is 24.3 Å². The van der Waals surface area contributed by atoms with Gasteiger partial charge in [0.25, 0.3) is 0 Å². The lowest BCUT2D eigenvalue weighted by atomic mass is 10.0.